The topological polar surface area (TPSA) is 42.2 Å². The van der Waals surface area contributed by atoms with E-state index < -0.39 is 0 Å². The zero-order valence-electron chi connectivity index (χ0n) is 13.3. The second-order valence-corrected chi connectivity index (χ2v) is 5.69. The molecule has 0 aliphatic rings. The minimum Gasteiger partial charge on any atom is -0.493 e. The lowest BCUT2D eigenvalue weighted by Crippen LogP contribution is -2.06. The van der Waals surface area contributed by atoms with Crippen molar-refractivity contribution in [2.45, 2.75) is 20.0 Å². The molecule has 0 bridgehead atoms. The first-order valence-electron chi connectivity index (χ1n) is 7.26. The van der Waals surface area contributed by atoms with Gasteiger partial charge in [0.2, 0.25) is 0 Å². The Morgan fingerprint density at radius 2 is 1.83 bits per heavy atom. The summed E-state index contributed by atoms with van der Waals surface area (Å²) in [5, 5.41) is 10.0. The maximum atomic E-state index is 9.40. The van der Waals surface area contributed by atoms with Crippen LogP contribution in [-0.4, -0.2) is 13.2 Å². The van der Waals surface area contributed by atoms with Crippen LogP contribution < -0.4 is 9.47 Å². The number of ether oxygens (including phenoxy) is 2. The second-order valence-electron chi connectivity index (χ2n) is 5.25. The van der Waals surface area contributed by atoms with Crippen molar-refractivity contribution in [3.05, 3.63) is 58.6 Å². The Morgan fingerprint density at radius 3 is 2.39 bits per heavy atom. The fourth-order valence-corrected chi connectivity index (χ4v) is 2.23. The standard InChI is InChI=1S/C19H18ClNO2/c1-13(2)23-18-9-4-14(11-19(18)22-3)10-16(12-21)15-5-7-17(20)8-6-15/h4-11,13H,1-3H3/b16-10+. The highest BCUT2D eigenvalue weighted by molar-refractivity contribution is 6.30. The first-order valence-corrected chi connectivity index (χ1v) is 7.63. The quantitative estimate of drug-likeness (QED) is 0.560. The molecule has 0 spiro atoms. The molecule has 0 aliphatic heterocycles. The van der Waals surface area contributed by atoms with Crippen molar-refractivity contribution in [1.29, 1.82) is 5.26 Å². The van der Waals surface area contributed by atoms with Gasteiger partial charge in [-0.2, -0.15) is 5.26 Å². The maximum Gasteiger partial charge on any atom is 0.161 e. The average molecular weight is 328 g/mol. The van der Waals surface area contributed by atoms with Gasteiger partial charge < -0.3 is 9.47 Å². The molecule has 23 heavy (non-hydrogen) atoms. The van der Waals surface area contributed by atoms with Crippen LogP contribution >= 0.6 is 11.6 Å². The van der Waals surface area contributed by atoms with Crippen LogP contribution in [0.5, 0.6) is 11.5 Å². The number of benzene rings is 2. The molecule has 0 heterocycles. The van der Waals surface area contributed by atoms with Crippen molar-refractivity contribution in [3.63, 3.8) is 0 Å². The van der Waals surface area contributed by atoms with E-state index in [2.05, 4.69) is 6.07 Å². The molecule has 2 aromatic carbocycles. The van der Waals surface area contributed by atoms with Crippen LogP contribution in [0, 0.1) is 11.3 Å². The van der Waals surface area contributed by atoms with E-state index in [1.807, 2.05) is 50.3 Å². The number of methoxy groups -OCH3 is 1. The lowest BCUT2D eigenvalue weighted by Gasteiger charge is -2.14. The summed E-state index contributed by atoms with van der Waals surface area (Å²) < 4.78 is 11.1. The second kappa shape index (κ2) is 7.71. The first-order chi connectivity index (χ1) is 11.0. The number of halogens is 1. The molecule has 0 unspecified atom stereocenters. The van der Waals surface area contributed by atoms with Gasteiger partial charge in [0.05, 0.1) is 24.9 Å². The lowest BCUT2D eigenvalue weighted by atomic mass is 10.0. The smallest absolute Gasteiger partial charge is 0.161 e. The fourth-order valence-electron chi connectivity index (χ4n) is 2.10. The predicted molar refractivity (Wildman–Crippen MR) is 93.7 cm³/mol. The largest absolute Gasteiger partial charge is 0.493 e. The molecular weight excluding hydrogens is 310 g/mol. The molecule has 0 N–H and O–H groups in total. The number of allylic oxidation sites excluding steroid dienone is 1. The number of nitriles is 1. The average Bonchev–Trinajstić information content (AvgIpc) is 2.54. The van der Waals surface area contributed by atoms with Gasteiger partial charge in [0.25, 0.3) is 0 Å². The van der Waals surface area contributed by atoms with Crippen LogP contribution in [0.25, 0.3) is 11.6 Å². The van der Waals surface area contributed by atoms with E-state index in [0.717, 1.165) is 11.1 Å². The van der Waals surface area contributed by atoms with Crippen molar-refractivity contribution in [3.8, 4) is 17.6 Å². The number of nitrogens with zero attached hydrogens (tertiary/aromatic N) is 1. The molecule has 2 aromatic rings. The molecule has 4 heteroatoms. The van der Waals surface area contributed by atoms with Gasteiger partial charge in [-0.25, -0.2) is 0 Å². The SMILES string of the molecule is COc1cc(/C=C(\C#N)c2ccc(Cl)cc2)ccc1OC(C)C. The van der Waals surface area contributed by atoms with Crippen LogP contribution in [0.2, 0.25) is 5.02 Å². The molecule has 0 aromatic heterocycles. The van der Waals surface area contributed by atoms with Gasteiger partial charge in [0.15, 0.2) is 11.5 Å². The zero-order chi connectivity index (χ0) is 16.8. The Labute approximate surface area is 141 Å². The zero-order valence-corrected chi connectivity index (χ0v) is 14.1. The van der Waals surface area contributed by atoms with Crippen LogP contribution in [0.15, 0.2) is 42.5 Å². The summed E-state index contributed by atoms with van der Waals surface area (Å²) in [4.78, 5) is 0. The third kappa shape index (κ3) is 4.51. The summed E-state index contributed by atoms with van der Waals surface area (Å²) in [6.07, 6.45) is 1.87. The third-order valence-corrected chi connectivity index (χ3v) is 3.39. The minimum atomic E-state index is 0.0639. The summed E-state index contributed by atoms with van der Waals surface area (Å²) in [6, 6.07) is 15.0. The Hall–Kier alpha value is -2.44. The minimum absolute atomic E-state index is 0.0639. The summed E-state index contributed by atoms with van der Waals surface area (Å²) in [7, 11) is 1.60. The van der Waals surface area contributed by atoms with E-state index >= 15 is 0 Å². The fraction of sp³-hybridized carbons (Fsp3) is 0.211. The van der Waals surface area contributed by atoms with Crippen LogP contribution in [-0.2, 0) is 0 Å². The normalized spacial score (nSPS) is 11.2. The van der Waals surface area contributed by atoms with Gasteiger partial charge in [-0.05, 0) is 55.3 Å². The summed E-state index contributed by atoms with van der Waals surface area (Å²) >= 11 is 5.89. The molecule has 118 valence electrons. The summed E-state index contributed by atoms with van der Waals surface area (Å²) in [5.74, 6) is 1.32. The first kappa shape index (κ1) is 16.9. The lowest BCUT2D eigenvalue weighted by molar-refractivity contribution is 0.230. The Balaban J connectivity index is 2.36. The van der Waals surface area contributed by atoms with Gasteiger partial charge in [-0.1, -0.05) is 29.8 Å². The molecule has 0 aliphatic carbocycles. The van der Waals surface area contributed by atoms with Gasteiger partial charge >= 0.3 is 0 Å². The van der Waals surface area contributed by atoms with E-state index in [9.17, 15) is 5.26 Å². The molecule has 0 amide bonds. The van der Waals surface area contributed by atoms with Crippen LogP contribution in [0.3, 0.4) is 0 Å². The van der Waals surface area contributed by atoms with Gasteiger partial charge in [-0.3, -0.25) is 0 Å². The predicted octanol–water partition coefficient (Wildman–Crippen LogP) is 5.20. The van der Waals surface area contributed by atoms with Crippen molar-refractivity contribution >= 4 is 23.3 Å². The molecule has 3 nitrogen and oxygen atoms in total. The highest BCUT2D eigenvalue weighted by atomic mass is 35.5. The molecular formula is C19H18ClNO2. The van der Waals surface area contributed by atoms with Crippen molar-refractivity contribution in [2.24, 2.45) is 0 Å². The van der Waals surface area contributed by atoms with Crippen molar-refractivity contribution in [2.75, 3.05) is 7.11 Å². The van der Waals surface area contributed by atoms with Crippen LogP contribution in [0.4, 0.5) is 0 Å². The molecule has 0 fully saturated rings. The molecule has 0 radical (unpaired) electrons. The van der Waals surface area contributed by atoms with E-state index in [-0.39, 0.29) is 6.10 Å². The number of rotatable bonds is 5. The Morgan fingerprint density at radius 1 is 1.13 bits per heavy atom. The summed E-state index contributed by atoms with van der Waals surface area (Å²) in [5.41, 5.74) is 2.24. The molecule has 0 saturated heterocycles. The third-order valence-electron chi connectivity index (χ3n) is 3.14. The van der Waals surface area contributed by atoms with Gasteiger partial charge in [0, 0.05) is 5.02 Å². The number of hydrogen-bond acceptors (Lipinski definition) is 3. The highest BCUT2D eigenvalue weighted by Crippen LogP contribution is 2.30. The van der Waals surface area contributed by atoms with E-state index in [0.29, 0.717) is 22.1 Å². The Kier molecular flexibility index (Phi) is 5.67. The van der Waals surface area contributed by atoms with Crippen LogP contribution in [0.1, 0.15) is 25.0 Å². The molecule has 2 rings (SSSR count). The van der Waals surface area contributed by atoms with Gasteiger partial charge in [-0.15, -0.1) is 0 Å². The van der Waals surface area contributed by atoms with Crippen molar-refractivity contribution < 1.29 is 9.47 Å². The number of hydrogen-bond donors (Lipinski definition) is 0. The summed E-state index contributed by atoms with van der Waals surface area (Å²) in [6.45, 7) is 3.92. The molecule has 0 saturated carbocycles. The van der Waals surface area contributed by atoms with Gasteiger partial charge in [0.1, 0.15) is 0 Å². The Bertz CT molecular complexity index is 743. The maximum absolute atomic E-state index is 9.40. The molecule has 0 atom stereocenters. The van der Waals surface area contributed by atoms with E-state index in [1.54, 1.807) is 19.2 Å². The monoisotopic (exact) mass is 327 g/mol. The van der Waals surface area contributed by atoms with Crippen molar-refractivity contribution in [1.82, 2.24) is 0 Å². The van der Waals surface area contributed by atoms with E-state index in [4.69, 9.17) is 21.1 Å². The van der Waals surface area contributed by atoms with E-state index in [1.165, 1.54) is 0 Å². The highest BCUT2D eigenvalue weighted by Gasteiger charge is 2.08.